The van der Waals surface area contributed by atoms with E-state index in [1.54, 1.807) is 0 Å². The topological polar surface area (TPSA) is 17.8 Å². The summed E-state index contributed by atoms with van der Waals surface area (Å²) in [5.74, 6) is 1.11. The Bertz CT molecular complexity index is 2060. The first-order chi connectivity index (χ1) is 19.6. The number of aromatic nitrogens is 2. The smallest absolute Gasteiger partial charge is 0.114 e. The van der Waals surface area contributed by atoms with E-state index in [0.717, 1.165) is 17.8 Å². The highest BCUT2D eigenvalue weighted by molar-refractivity contribution is 6.23. The maximum absolute atomic E-state index is 5.40. The number of aryl methyl sites for hydroxylation is 1. The van der Waals surface area contributed by atoms with Crippen molar-refractivity contribution >= 4 is 32.6 Å². The van der Waals surface area contributed by atoms with Gasteiger partial charge in [0.1, 0.15) is 5.82 Å². The van der Waals surface area contributed by atoms with Gasteiger partial charge in [-0.3, -0.25) is 4.57 Å². The van der Waals surface area contributed by atoms with E-state index in [9.17, 15) is 0 Å². The standard InChI is InChI=1S/C38H30N2/c1-4-33-39-36-29(22-23-31-37(36)40(33)32-21-13-12-20-30(32)38(31,2)3)35-27-18-10-8-16-25(27)34(24-14-6-5-7-15-24)26-17-9-11-19-28(26)35/h5-23H,4H2,1-3H3. The lowest BCUT2D eigenvalue weighted by atomic mass is 9.74. The number of para-hydroxylation sites is 1. The molecule has 0 bridgehead atoms. The highest BCUT2D eigenvalue weighted by Crippen LogP contribution is 2.49. The molecule has 0 radical (unpaired) electrons. The third-order valence-corrected chi connectivity index (χ3v) is 8.94. The van der Waals surface area contributed by atoms with Crippen LogP contribution in [0.15, 0.2) is 115 Å². The van der Waals surface area contributed by atoms with Crippen molar-refractivity contribution in [3.05, 3.63) is 132 Å². The summed E-state index contributed by atoms with van der Waals surface area (Å²) in [6.45, 7) is 6.91. The Balaban J connectivity index is 1.55. The molecule has 0 aliphatic carbocycles. The molecular weight excluding hydrogens is 484 g/mol. The van der Waals surface area contributed by atoms with Crippen molar-refractivity contribution < 1.29 is 0 Å². The fraction of sp³-hybridized carbons (Fsp3) is 0.132. The van der Waals surface area contributed by atoms with Gasteiger partial charge in [0.25, 0.3) is 0 Å². The maximum atomic E-state index is 5.40. The third kappa shape index (κ3) is 3.02. The molecule has 8 rings (SSSR count). The fourth-order valence-electron chi connectivity index (χ4n) is 7.11. The van der Waals surface area contributed by atoms with Gasteiger partial charge in [-0.15, -0.1) is 0 Å². The zero-order chi connectivity index (χ0) is 27.0. The summed E-state index contributed by atoms with van der Waals surface area (Å²) in [4.78, 5) is 5.40. The lowest BCUT2D eigenvalue weighted by molar-refractivity contribution is 0.625. The number of benzene rings is 6. The number of hydrogen-bond donors (Lipinski definition) is 0. The highest BCUT2D eigenvalue weighted by atomic mass is 15.1. The second-order valence-electron chi connectivity index (χ2n) is 11.4. The van der Waals surface area contributed by atoms with Gasteiger partial charge in [-0.1, -0.05) is 130 Å². The van der Waals surface area contributed by atoms with Crippen LogP contribution in [0.3, 0.4) is 0 Å². The van der Waals surface area contributed by atoms with E-state index >= 15 is 0 Å². The van der Waals surface area contributed by atoms with Crippen LogP contribution in [0.25, 0.3) is 60.5 Å². The molecular formula is C38H30N2. The molecule has 0 amide bonds. The van der Waals surface area contributed by atoms with E-state index in [-0.39, 0.29) is 5.41 Å². The maximum Gasteiger partial charge on any atom is 0.114 e. The molecule has 0 N–H and O–H groups in total. The first-order valence-electron chi connectivity index (χ1n) is 14.2. The summed E-state index contributed by atoms with van der Waals surface area (Å²) in [7, 11) is 0. The van der Waals surface area contributed by atoms with Crippen molar-refractivity contribution in [3.63, 3.8) is 0 Å². The Morgan fingerprint density at radius 3 is 1.82 bits per heavy atom. The zero-order valence-electron chi connectivity index (χ0n) is 23.1. The molecule has 7 aromatic rings. The molecule has 1 aromatic heterocycles. The van der Waals surface area contributed by atoms with Crippen LogP contribution in [0.2, 0.25) is 0 Å². The lowest BCUT2D eigenvalue weighted by Crippen LogP contribution is -2.26. The molecule has 2 heteroatoms. The average Bonchev–Trinajstić information content (AvgIpc) is 3.39. The number of rotatable bonds is 3. The van der Waals surface area contributed by atoms with E-state index in [2.05, 4.69) is 141 Å². The zero-order valence-corrected chi connectivity index (χ0v) is 23.1. The Hall–Kier alpha value is -4.69. The number of nitrogens with zero attached hydrogens (tertiary/aromatic N) is 2. The van der Waals surface area contributed by atoms with Crippen LogP contribution in [0.4, 0.5) is 0 Å². The quantitative estimate of drug-likeness (QED) is 0.215. The van der Waals surface area contributed by atoms with Crippen molar-refractivity contribution in [2.24, 2.45) is 0 Å². The van der Waals surface area contributed by atoms with Crippen molar-refractivity contribution in [1.29, 1.82) is 0 Å². The lowest BCUT2D eigenvalue weighted by Gasteiger charge is -2.34. The van der Waals surface area contributed by atoms with E-state index in [1.807, 2.05) is 0 Å². The molecule has 0 saturated carbocycles. The molecule has 6 aromatic carbocycles. The molecule has 40 heavy (non-hydrogen) atoms. The number of imidazole rings is 1. The Morgan fingerprint density at radius 2 is 1.18 bits per heavy atom. The Morgan fingerprint density at radius 1 is 0.600 bits per heavy atom. The van der Waals surface area contributed by atoms with E-state index in [1.165, 1.54) is 66.1 Å². The van der Waals surface area contributed by atoms with Gasteiger partial charge >= 0.3 is 0 Å². The van der Waals surface area contributed by atoms with Crippen LogP contribution in [-0.4, -0.2) is 9.55 Å². The molecule has 1 aliphatic heterocycles. The van der Waals surface area contributed by atoms with Crippen LogP contribution in [0.5, 0.6) is 0 Å². The summed E-state index contributed by atoms with van der Waals surface area (Å²) < 4.78 is 2.43. The van der Waals surface area contributed by atoms with Gasteiger partial charge in [-0.05, 0) is 55.4 Å². The molecule has 0 fully saturated rings. The van der Waals surface area contributed by atoms with E-state index in [0.29, 0.717) is 0 Å². The Labute approximate surface area is 234 Å². The molecule has 0 unspecified atom stereocenters. The number of hydrogen-bond acceptors (Lipinski definition) is 1. The van der Waals surface area contributed by atoms with Crippen LogP contribution < -0.4 is 0 Å². The minimum atomic E-state index is -0.115. The fourth-order valence-corrected chi connectivity index (χ4v) is 7.11. The normalized spacial score (nSPS) is 13.7. The van der Waals surface area contributed by atoms with E-state index in [4.69, 9.17) is 4.98 Å². The summed E-state index contributed by atoms with van der Waals surface area (Å²) >= 11 is 0. The predicted octanol–water partition coefficient (Wildman–Crippen LogP) is 9.87. The van der Waals surface area contributed by atoms with Crippen molar-refractivity contribution in [1.82, 2.24) is 9.55 Å². The van der Waals surface area contributed by atoms with Gasteiger partial charge in [0.05, 0.1) is 16.7 Å². The van der Waals surface area contributed by atoms with Crippen LogP contribution >= 0.6 is 0 Å². The van der Waals surface area contributed by atoms with Crippen molar-refractivity contribution in [2.75, 3.05) is 0 Å². The van der Waals surface area contributed by atoms with Gasteiger partial charge < -0.3 is 0 Å². The van der Waals surface area contributed by atoms with Gasteiger partial charge in [-0.2, -0.15) is 0 Å². The molecule has 2 nitrogen and oxygen atoms in total. The molecule has 0 spiro atoms. The first kappa shape index (κ1) is 23.2. The van der Waals surface area contributed by atoms with Crippen molar-refractivity contribution in [3.8, 4) is 27.9 Å². The molecule has 1 aliphatic rings. The largest absolute Gasteiger partial charge is 0.296 e. The van der Waals surface area contributed by atoms with Crippen LogP contribution in [0.1, 0.15) is 37.7 Å². The van der Waals surface area contributed by atoms with Gasteiger partial charge in [0.15, 0.2) is 0 Å². The van der Waals surface area contributed by atoms with Crippen LogP contribution in [-0.2, 0) is 11.8 Å². The Kier molecular flexibility index (Phi) is 4.88. The SMILES string of the molecule is CCc1nc2c(-c3c4ccccc4c(-c4ccccc4)c4ccccc34)ccc3c2n1-c1ccccc1C3(C)C. The van der Waals surface area contributed by atoms with Crippen LogP contribution in [0, 0.1) is 0 Å². The monoisotopic (exact) mass is 514 g/mol. The molecule has 192 valence electrons. The van der Waals surface area contributed by atoms with Gasteiger partial charge in [-0.25, -0.2) is 4.98 Å². The summed E-state index contributed by atoms with van der Waals surface area (Å²) in [5.41, 5.74) is 11.2. The molecule has 0 atom stereocenters. The second kappa shape index (κ2) is 8.40. The van der Waals surface area contributed by atoms with Gasteiger partial charge in [0.2, 0.25) is 0 Å². The average molecular weight is 515 g/mol. The summed E-state index contributed by atoms with van der Waals surface area (Å²) in [5, 5.41) is 5.07. The number of fused-ring (bicyclic) bond motifs is 4. The summed E-state index contributed by atoms with van der Waals surface area (Å²) in [6, 6.07) is 42.1. The predicted molar refractivity (Wildman–Crippen MR) is 168 cm³/mol. The summed E-state index contributed by atoms with van der Waals surface area (Å²) in [6.07, 6.45) is 0.872. The minimum absolute atomic E-state index is 0.115. The minimum Gasteiger partial charge on any atom is -0.296 e. The second-order valence-corrected chi connectivity index (χ2v) is 11.4. The molecule has 0 saturated heterocycles. The molecule has 2 heterocycles. The highest BCUT2D eigenvalue weighted by Gasteiger charge is 2.36. The van der Waals surface area contributed by atoms with E-state index < -0.39 is 0 Å². The van der Waals surface area contributed by atoms with Gasteiger partial charge in [0, 0.05) is 17.4 Å². The third-order valence-electron chi connectivity index (χ3n) is 8.94. The van der Waals surface area contributed by atoms with Crippen molar-refractivity contribution in [2.45, 2.75) is 32.6 Å². The first-order valence-corrected chi connectivity index (χ1v) is 14.2.